The van der Waals surface area contributed by atoms with Crippen LogP contribution < -0.4 is 4.74 Å². The third-order valence-electron chi connectivity index (χ3n) is 4.44. The fourth-order valence-corrected chi connectivity index (χ4v) is 4.56. The summed E-state index contributed by atoms with van der Waals surface area (Å²) >= 11 is 8.21. The van der Waals surface area contributed by atoms with Crippen molar-refractivity contribution in [2.45, 2.75) is 11.7 Å². The highest BCUT2D eigenvalue weighted by Gasteiger charge is 2.22. The van der Waals surface area contributed by atoms with Crippen LogP contribution in [0.3, 0.4) is 0 Å². The Balaban J connectivity index is 1.60. The molecule has 1 amide bonds. The molecule has 1 aliphatic heterocycles. The molecular weight excluding hydrogens is 366 g/mol. The van der Waals surface area contributed by atoms with Crippen LogP contribution in [0.15, 0.2) is 54.6 Å². The smallest absolute Gasteiger partial charge is 0.246 e. The number of nitrogens with zero attached hydrogens (tertiary/aromatic N) is 1. The monoisotopic (exact) mass is 387 g/mol. The molecular formula is C21H22ClNO2S. The molecule has 3 rings (SSSR count). The van der Waals surface area contributed by atoms with Crippen molar-refractivity contribution >= 4 is 35.3 Å². The summed E-state index contributed by atoms with van der Waals surface area (Å²) in [5.41, 5.74) is 2.15. The molecule has 1 unspecified atom stereocenters. The lowest BCUT2D eigenvalue weighted by Crippen LogP contribution is -2.31. The second kappa shape index (κ2) is 9.15. The first-order chi connectivity index (χ1) is 12.7. The first kappa shape index (κ1) is 18.9. The minimum atomic E-state index is 0.0567. The van der Waals surface area contributed by atoms with E-state index in [1.54, 1.807) is 13.2 Å². The van der Waals surface area contributed by atoms with E-state index in [-0.39, 0.29) is 5.91 Å². The van der Waals surface area contributed by atoms with Crippen molar-refractivity contribution in [3.63, 3.8) is 0 Å². The standard InChI is InChI=1S/C21H22ClNO2S/c1-25-17-9-6-16(7-10-17)8-11-21(24)23-13-12-20(26-15-14-23)18-4-2-3-5-19(18)22/h2-11,20H,12-15H2,1H3/b11-8+. The van der Waals surface area contributed by atoms with Crippen LogP contribution in [0.25, 0.3) is 6.08 Å². The van der Waals surface area contributed by atoms with Crippen molar-refractivity contribution in [2.24, 2.45) is 0 Å². The van der Waals surface area contributed by atoms with Crippen molar-refractivity contribution < 1.29 is 9.53 Å². The van der Waals surface area contributed by atoms with E-state index in [0.717, 1.165) is 41.6 Å². The second-order valence-corrected chi connectivity index (χ2v) is 7.82. The summed E-state index contributed by atoms with van der Waals surface area (Å²) in [5, 5.41) is 1.15. The number of ether oxygens (including phenoxy) is 1. The normalized spacial score (nSPS) is 17.9. The number of hydrogen-bond donors (Lipinski definition) is 0. The van der Waals surface area contributed by atoms with E-state index in [1.807, 2.05) is 65.2 Å². The Bertz CT molecular complexity index is 776. The molecule has 0 aromatic heterocycles. The fraction of sp³-hybridized carbons (Fsp3) is 0.286. The number of carbonyl (C=O) groups excluding carboxylic acids is 1. The van der Waals surface area contributed by atoms with Crippen LogP contribution in [0.1, 0.15) is 22.8 Å². The number of carbonyl (C=O) groups is 1. The maximum absolute atomic E-state index is 12.5. The molecule has 26 heavy (non-hydrogen) atoms. The molecule has 136 valence electrons. The molecule has 0 spiro atoms. The molecule has 1 fully saturated rings. The first-order valence-corrected chi connectivity index (χ1v) is 10.1. The predicted molar refractivity (Wildman–Crippen MR) is 110 cm³/mol. The van der Waals surface area contributed by atoms with Gasteiger partial charge >= 0.3 is 0 Å². The number of halogens is 1. The molecule has 0 radical (unpaired) electrons. The van der Waals surface area contributed by atoms with Crippen LogP contribution in [0.5, 0.6) is 5.75 Å². The summed E-state index contributed by atoms with van der Waals surface area (Å²) in [6, 6.07) is 15.6. The second-order valence-electron chi connectivity index (χ2n) is 6.10. The Hall–Kier alpha value is -1.91. The van der Waals surface area contributed by atoms with E-state index in [9.17, 15) is 4.79 Å². The van der Waals surface area contributed by atoms with Gasteiger partial charge in [-0.2, -0.15) is 11.8 Å². The van der Waals surface area contributed by atoms with E-state index in [2.05, 4.69) is 6.07 Å². The van der Waals surface area contributed by atoms with Crippen molar-refractivity contribution in [1.29, 1.82) is 0 Å². The quantitative estimate of drug-likeness (QED) is 0.686. The Kier molecular flexibility index (Phi) is 6.64. The Morgan fingerprint density at radius 2 is 1.96 bits per heavy atom. The molecule has 0 bridgehead atoms. The number of hydrogen-bond acceptors (Lipinski definition) is 3. The van der Waals surface area contributed by atoms with Gasteiger partial charge < -0.3 is 9.64 Å². The largest absolute Gasteiger partial charge is 0.497 e. The lowest BCUT2D eigenvalue weighted by molar-refractivity contribution is -0.125. The molecule has 1 heterocycles. The van der Waals surface area contributed by atoms with E-state index in [1.165, 1.54) is 5.56 Å². The van der Waals surface area contributed by atoms with Gasteiger partial charge in [-0.1, -0.05) is 41.9 Å². The molecule has 0 N–H and O–H groups in total. The van der Waals surface area contributed by atoms with Crippen LogP contribution in [-0.4, -0.2) is 36.8 Å². The minimum absolute atomic E-state index is 0.0567. The molecule has 2 aromatic carbocycles. The summed E-state index contributed by atoms with van der Waals surface area (Å²) in [6.45, 7) is 1.51. The van der Waals surface area contributed by atoms with Gasteiger partial charge in [0.15, 0.2) is 0 Å². The number of benzene rings is 2. The van der Waals surface area contributed by atoms with Crippen molar-refractivity contribution in [3.8, 4) is 5.75 Å². The number of amides is 1. The van der Waals surface area contributed by atoms with Crippen LogP contribution >= 0.6 is 23.4 Å². The minimum Gasteiger partial charge on any atom is -0.497 e. The van der Waals surface area contributed by atoms with Crippen LogP contribution in [0.2, 0.25) is 5.02 Å². The number of thioether (sulfide) groups is 1. The van der Waals surface area contributed by atoms with Gasteiger partial charge in [0.2, 0.25) is 5.91 Å². The molecule has 1 saturated heterocycles. The highest BCUT2D eigenvalue weighted by molar-refractivity contribution is 7.99. The molecule has 2 aromatic rings. The summed E-state index contributed by atoms with van der Waals surface area (Å²) < 4.78 is 5.15. The fourth-order valence-electron chi connectivity index (χ4n) is 2.96. The number of rotatable bonds is 4. The summed E-state index contributed by atoms with van der Waals surface area (Å²) in [6.07, 6.45) is 4.42. The average molecular weight is 388 g/mol. The Morgan fingerprint density at radius 1 is 1.19 bits per heavy atom. The summed E-state index contributed by atoms with van der Waals surface area (Å²) in [4.78, 5) is 14.5. The molecule has 3 nitrogen and oxygen atoms in total. The van der Waals surface area contributed by atoms with Crippen molar-refractivity contribution in [2.75, 3.05) is 26.0 Å². The van der Waals surface area contributed by atoms with Gasteiger partial charge in [0.1, 0.15) is 5.75 Å². The van der Waals surface area contributed by atoms with E-state index < -0.39 is 0 Å². The third kappa shape index (κ3) is 4.83. The molecule has 1 atom stereocenters. The summed E-state index contributed by atoms with van der Waals surface area (Å²) in [5.74, 6) is 1.78. The highest BCUT2D eigenvalue weighted by atomic mass is 35.5. The molecule has 5 heteroatoms. The maximum Gasteiger partial charge on any atom is 0.246 e. The van der Waals surface area contributed by atoms with Crippen molar-refractivity contribution in [1.82, 2.24) is 4.90 Å². The lowest BCUT2D eigenvalue weighted by Gasteiger charge is -2.19. The topological polar surface area (TPSA) is 29.5 Å². The van der Waals surface area contributed by atoms with Gasteiger partial charge in [-0.05, 0) is 41.8 Å². The van der Waals surface area contributed by atoms with E-state index in [4.69, 9.17) is 16.3 Å². The Morgan fingerprint density at radius 3 is 2.69 bits per heavy atom. The molecule has 1 aliphatic rings. The van der Waals surface area contributed by atoms with Gasteiger partial charge in [0, 0.05) is 35.2 Å². The van der Waals surface area contributed by atoms with E-state index >= 15 is 0 Å². The average Bonchev–Trinajstić information content (AvgIpc) is 2.93. The summed E-state index contributed by atoms with van der Waals surface area (Å²) in [7, 11) is 1.64. The molecule has 0 aliphatic carbocycles. The van der Waals surface area contributed by atoms with Crippen molar-refractivity contribution in [3.05, 3.63) is 70.8 Å². The predicted octanol–water partition coefficient (Wildman–Crippen LogP) is 5.07. The van der Waals surface area contributed by atoms with Gasteiger partial charge in [-0.3, -0.25) is 4.79 Å². The van der Waals surface area contributed by atoms with E-state index in [0.29, 0.717) is 5.25 Å². The number of methoxy groups -OCH3 is 1. The third-order valence-corrected chi connectivity index (χ3v) is 6.09. The Labute approximate surface area is 164 Å². The SMILES string of the molecule is COc1ccc(/C=C/C(=O)N2CCSC(c3ccccc3Cl)CC2)cc1. The van der Waals surface area contributed by atoms with Gasteiger partial charge in [0.05, 0.1) is 7.11 Å². The van der Waals surface area contributed by atoms with Crippen LogP contribution in [0, 0.1) is 0 Å². The highest BCUT2D eigenvalue weighted by Crippen LogP contribution is 2.37. The van der Waals surface area contributed by atoms with Gasteiger partial charge in [-0.15, -0.1) is 0 Å². The lowest BCUT2D eigenvalue weighted by atomic mass is 10.1. The zero-order chi connectivity index (χ0) is 18.4. The maximum atomic E-state index is 12.5. The van der Waals surface area contributed by atoms with Crippen LogP contribution in [-0.2, 0) is 4.79 Å². The first-order valence-electron chi connectivity index (χ1n) is 8.64. The zero-order valence-electron chi connectivity index (χ0n) is 14.7. The van der Waals surface area contributed by atoms with Crippen LogP contribution in [0.4, 0.5) is 0 Å². The zero-order valence-corrected chi connectivity index (χ0v) is 16.3. The molecule has 0 saturated carbocycles. The van der Waals surface area contributed by atoms with Gasteiger partial charge in [-0.25, -0.2) is 0 Å². The van der Waals surface area contributed by atoms with Gasteiger partial charge in [0.25, 0.3) is 0 Å².